The third-order valence-electron chi connectivity index (χ3n) is 1.82. The van der Waals surface area contributed by atoms with Crippen molar-refractivity contribution >= 4 is 28.3 Å². The number of nitriles is 1. The zero-order valence-corrected chi connectivity index (χ0v) is 11.0. The van der Waals surface area contributed by atoms with Crippen molar-refractivity contribution in [3.8, 4) is 11.8 Å². The van der Waals surface area contributed by atoms with E-state index in [0.717, 1.165) is 6.07 Å². The summed E-state index contributed by atoms with van der Waals surface area (Å²) >= 11 is 1.85. The van der Waals surface area contributed by atoms with Gasteiger partial charge in [-0.05, 0) is 35.6 Å². The molecule has 1 rings (SSSR count). The first-order chi connectivity index (χ1) is 7.95. The number of ether oxygens (including phenoxy) is 1. The molecule has 7 heteroatoms. The first-order valence-electron chi connectivity index (χ1n) is 4.64. The van der Waals surface area contributed by atoms with Gasteiger partial charge in [-0.25, -0.2) is 0 Å². The largest absolute Gasteiger partial charge is 0.483 e. The van der Waals surface area contributed by atoms with E-state index in [1.807, 2.05) is 28.7 Å². The lowest BCUT2D eigenvalue weighted by Gasteiger charge is -2.10. The Kier molecular flexibility index (Phi) is 4.65. The standard InChI is InChI=1S/C10H9IN2O4/c1-6(14)5-17-10-8(11)2-7(4-12)3-9(10)13(15)16/h2-3,6,14H,5H2,1H3. The van der Waals surface area contributed by atoms with Crippen molar-refractivity contribution in [1.29, 1.82) is 5.26 Å². The highest BCUT2D eigenvalue weighted by atomic mass is 127. The van der Waals surface area contributed by atoms with Crippen LogP contribution in [-0.4, -0.2) is 22.7 Å². The van der Waals surface area contributed by atoms with Gasteiger partial charge in [0.25, 0.3) is 0 Å². The number of aliphatic hydroxyl groups is 1. The summed E-state index contributed by atoms with van der Waals surface area (Å²) in [6.45, 7) is 1.48. The third-order valence-corrected chi connectivity index (χ3v) is 2.62. The molecule has 0 aliphatic rings. The molecule has 0 heterocycles. The van der Waals surface area contributed by atoms with Crippen molar-refractivity contribution in [2.24, 2.45) is 0 Å². The van der Waals surface area contributed by atoms with E-state index in [-0.39, 0.29) is 23.6 Å². The average Bonchev–Trinajstić information content (AvgIpc) is 2.25. The summed E-state index contributed by atoms with van der Waals surface area (Å²) < 4.78 is 5.65. The van der Waals surface area contributed by atoms with E-state index in [1.165, 1.54) is 13.0 Å². The summed E-state index contributed by atoms with van der Waals surface area (Å²) in [7, 11) is 0. The number of halogens is 1. The van der Waals surface area contributed by atoms with Crippen molar-refractivity contribution < 1.29 is 14.8 Å². The van der Waals surface area contributed by atoms with E-state index in [1.54, 1.807) is 0 Å². The molecule has 0 spiro atoms. The van der Waals surface area contributed by atoms with Gasteiger partial charge in [0.1, 0.15) is 6.61 Å². The molecule has 0 bridgehead atoms. The van der Waals surface area contributed by atoms with Crippen LogP contribution in [0.15, 0.2) is 12.1 Å². The van der Waals surface area contributed by atoms with Gasteiger partial charge in [0, 0.05) is 6.07 Å². The first-order valence-corrected chi connectivity index (χ1v) is 5.72. The van der Waals surface area contributed by atoms with Crippen LogP contribution in [0.5, 0.6) is 5.75 Å². The lowest BCUT2D eigenvalue weighted by atomic mass is 10.2. The molecule has 1 aromatic carbocycles. The lowest BCUT2D eigenvalue weighted by Crippen LogP contribution is -2.14. The van der Waals surface area contributed by atoms with Gasteiger partial charge in [0.05, 0.1) is 26.2 Å². The molecule has 0 aromatic heterocycles. The van der Waals surface area contributed by atoms with Gasteiger partial charge in [0.2, 0.25) is 5.75 Å². The summed E-state index contributed by atoms with van der Waals surface area (Å²) in [5.41, 5.74) is -0.0698. The van der Waals surface area contributed by atoms with Crippen molar-refractivity contribution in [2.45, 2.75) is 13.0 Å². The Morgan fingerprint density at radius 3 is 2.82 bits per heavy atom. The topological polar surface area (TPSA) is 96.4 Å². The second kappa shape index (κ2) is 5.79. The van der Waals surface area contributed by atoms with E-state index in [2.05, 4.69) is 0 Å². The number of benzene rings is 1. The van der Waals surface area contributed by atoms with Crippen LogP contribution >= 0.6 is 22.6 Å². The fourth-order valence-corrected chi connectivity index (χ4v) is 1.89. The minimum absolute atomic E-state index is 0.0389. The predicted molar refractivity (Wildman–Crippen MR) is 67.7 cm³/mol. The Morgan fingerprint density at radius 2 is 2.35 bits per heavy atom. The molecule has 0 aliphatic carbocycles. The Balaban J connectivity index is 3.18. The van der Waals surface area contributed by atoms with Gasteiger partial charge in [-0.2, -0.15) is 5.26 Å². The normalized spacial score (nSPS) is 11.6. The van der Waals surface area contributed by atoms with Gasteiger partial charge in [-0.1, -0.05) is 0 Å². The van der Waals surface area contributed by atoms with Crippen molar-refractivity contribution in [3.63, 3.8) is 0 Å². The summed E-state index contributed by atoms with van der Waals surface area (Å²) in [5, 5.41) is 28.6. The van der Waals surface area contributed by atoms with Gasteiger partial charge in [-0.3, -0.25) is 10.1 Å². The molecule has 90 valence electrons. The Morgan fingerprint density at radius 1 is 1.71 bits per heavy atom. The number of aliphatic hydroxyl groups excluding tert-OH is 1. The van der Waals surface area contributed by atoms with E-state index < -0.39 is 11.0 Å². The quantitative estimate of drug-likeness (QED) is 0.509. The Hall–Kier alpha value is -1.40. The molecule has 1 atom stereocenters. The minimum Gasteiger partial charge on any atom is -0.483 e. The second-order valence-electron chi connectivity index (χ2n) is 3.34. The number of hydrogen-bond donors (Lipinski definition) is 1. The number of nitro benzene ring substituents is 1. The predicted octanol–water partition coefficient (Wildman–Crippen LogP) is 1.83. The molecule has 0 radical (unpaired) electrons. The monoisotopic (exact) mass is 348 g/mol. The molecular weight excluding hydrogens is 339 g/mol. The highest BCUT2D eigenvalue weighted by molar-refractivity contribution is 14.1. The van der Waals surface area contributed by atoms with Crippen molar-refractivity contribution in [2.75, 3.05) is 6.61 Å². The van der Waals surface area contributed by atoms with Crippen molar-refractivity contribution in [3.05, 3.63) is 31.4 Å². The zero-order chi connectivity index (χ0) is 13.0. The third kappa shape index (κ3) is 3.54. The van der Waals surface area contributed by atoms with E-state index in [9.17, 15) is 10.1 Å². The molecule has 0 amide bonds. The fraction of sp³-hybridized carbons (Fsp3) is 0.300. The average molecular weight is 348 g/mol. The Labute approximate surface area is 111 Å². The highest BCUT2D eigenvalue weighted by Gasteiger charge is 2.20. The second-order valence-corrected chi connectivity index (χ2v) is 4.50. The van der Waals surface area contributed by atoms with Crippen LogP contribution in [0.25, 0.3) is 0 Å². The van der Waals surface area contributed by atoms with Gasteiger partial charge < -0.3 is 9.84 Å². The molecule has 0 aliphatic heterocycles. The van der Waals surface area contributed by atoms with Crippen LogP contribution < -0.4 is 4.74 Å². The summed E-state index contributed by atoms with van der Waals surface area (Å²) in [5.74, 6) is 0.0792. The van der Waals surface area contributed by atoms with Crippen molar-refractivity contribution in [1.82, 2.24) is 0 Å². The van der Waals surface area contributed by atoms with E-state index >= 15 is 0 Å². The van der Waals surface area contributed by atoms with E-state index in [4.69, 9.17) is 15.1 Å². The minimum atomic E-state index is -0.721. The number of nitrogens with zero attached hydrogens (tertiary/aromatic N) is 2. The molecule has 0 fully saturated rings. The maximum atomic E-state index is 10.8. The van der Waals surface area contributed by atoms with Gasteiger partial charge in [0.15, 0.2) is 0 Å². The maximum absolute atomic E-state index is 10.8. The molecule has 0 saturated heterocycles. The van der Waals surface area contributed by atoms with Gasteiger partial charge in [-0.15, -0.1) is 0 Å². The maximum Gasteiger partial charge on any atom is 0.313 e. The number of nitro groups is 1. The molecule has 0 saturated carbocycles. The molecule has 17 heavy (non-hydrogen) atoms. The molecule has 1 unspecified atom stereocenters. The zero-order valence-electron chi connectivity index (χ0n) is 8.88. The number of hydrogen-bond acceptors (Lipinski definition) is 5. The molecular formula is C10H9IN2O4. The van der Waals surface area contributed by atoms with Gasteiger partial charge >= 0.3 is 5.69 Å². The van der Waals surface area contributed by atoms with Crippen LogP contribution in [0, 0.1) is 25.0 Å². The van der Waals surface area contributed by atoms with Crippen LogP contribution in [0.3, 0.4) is 0 Å². The fourth-order valence-electron chi connectivity index (χ4n) is 1.13. The smallest absolute Gasteiger partial charge is 0.313 e. The first kappa shape index (κ1) is 13.7. The SMILES string of the molecule is CC(O)COc1c(I)cc(C#N)cc1[N+](=O)[O-]. The van der Waals surface area contributed by atoms with Crippen LogP contribution in [0.2, 0.25) is 0 Å². The molecule has 1 N–H and O–H groups in total. The van der Waals surface area contributed by atoms with E-state index in [0.29, 0.717) is 3.57 Å². The Bertz CT molecular complexity index is 482. The summed E-state index contributed by atoms with van der Waals surface area (Å²) in [6.07, 6.45) is -0.721. The van der Waals surface area contributed by atoms with Crippen LogP contribution in [0.4, 0.5) is 5.69 Å². The highest BCUT2D eigenvalue weighted by Crippen LogP contribution is 2.33. The molecule has 6 nitrogen and oxygen atoms in total. The summed E-state index contributed by atoms with van der Waals surface area (Å²) in [6, 6.07) is 4.48. The number of rotatable bonds is 4. The van der Waals surface area contributed by atoms with Crippen LogP contribution in [0.1, 0.15) is 12.5 Å². The lowest BCUT2D eigenvalue weighted by molar-refractivity contribution is -0.386. The summed E-state index contributed by atoms with van der Waals surface area (Å²) in [4.78, 5) is 10.2. The molecule has 1 aromatic rings. The van der Waals surface area contributed by atoms with Crippen LogP contribution in [-0.2, 0) is 0 Å².